The minimum atomic E-state index is -5.17. The van der Waals surface area contributed by atoms with Crippen molar-refractivity contribution in [2.24, 2.45) is 0 Å². The Morgan fingerprint density at radius 1 is 0.222 bits per heavy atom. The van der Waals surface area contributed by atoms with Gasteiger partial charge < -0.3 is 37.0 Å². The highest BCUT2D eigenvalue weighted by molar-refractivity contribution is 7.79. The molecule has 0 unspecified atom stereocenters. The lowest BCUT2D eigenvalue weighted by Gasteiger charge is -2.29. The van der Waals surface area contributed by atoms with E-state index in [2.05, 4.69) is 55.9 Å². The van der Waals surface area contributed by atoms with Gasteiger partial charge in [-0.25, -0.2) is 0 Å². The van der Waals surface area contributed by atoms with Gasteiger partial charge in [-0.3, -0.25) is 27.6 Å². The van der Waals surface area contributed by atoms with E-state index >= 15 is 0 Å². The van der Waals surface area contributed by atoms with Crippen LogP contribution in [0.3, 0.4) is 0 Å². The maximum atomic E-state index is 12.1. The zero-order valence-electron chi connectivity index (χ0n) is 67.1. The van der Waals surface area contributed by atoms with Gasteiger partial charge >= 0.3 is 23.9 Å². The van der Waals surface area contributed by atoms with Gasteiger partial charge in [0.1, 0.15) is 52.6 Å². The normalized spacial score (nSPS) is 11.7. The number of carbonyl (C=O) groups is 4. The lowest BCUT2D eigenvalue weighted by Crippen LogP contribution is -2.45. The molecular weight excluding hydrogens is 1260 g/mol. The van der Waals surface area contributed by atoms with Gasteiger partial charge in [-0.2, -0.15) is 0 Å². The largest absolute Gasteiger partial charge is 0.759 e. The average Bonchev–Trinajstić information content (AvgIpc) is 1.18. The topological polar surface area (TPSA) is 185 Å². The molecule has 0 fully saturated rings. The second-order valence-electron chi connectivity index (χ2n) is 30.9. The molecule has 0 aromatic carbocycles. The van der Waals surface area contributed by atoms with Gasteiger partial charge in [0.15, 0.2) is 0 Å². The van der Waals surface area contributed by atoms with Gasteiger partial charge in [0, 0.05) is 36.1 Å². The molecule has 0 aliphatic rings. The standard InChI is InChI=1S/2C42H84NO4.H2O4S/c2*1-5-7-9-11-13-15-17-19-21-23-25-27-29-31-33-35-41(44)46-39-37-43(3,4)38-40-47-42(45)36-34-32-30-28-26-24-22-20-18-16-14-12-10-8-6-2;1-5(2,3)4/h2*5-40H2,1-4H3;(H2,1,2,3,4)/q2*+1;/p-2. The number of nitrogens with zero attached hydrogens (tertiary/aromatic N) is 2. The quantitative estimate of drug-likeness (QED) is 0.0140. The van der Waals surface area contributed by atoms with Gasteiger partial charge in [-0.15, -0.1) is 0 Å². The summed E-state index contributed by atoms with van der Waals surface area (Å²) in [4.78, 5) is 48.6. The Kier molecular flexibility index (Phi) is 81.3. The minimum Gasteiger partial charge on any atom is -0.759 e. The molecule has 0 bridgehead atoms. The number of carbonyl (C=O) groups excluding carboxylic acids is 4. The molecule has 0 spiro atoms. The van der Waals surface area contributed by atoms with Gasteiger partial charge in [0.2, 0.25) is 0 Å². The van der Waals surface area contributed by atoms with E-state index in [9.17, 15) is 19.2 Å². The fraction of sp³-hybridized carbons (Fsp3) is 0.952. The molecule has 0 aliphatic carbocycles. The molecule has 0 aliphatic heterocycles. The third-order valence-corrected chi connectivity index (χ3v) is 19.8. The summed E-state index contributed by atoms with van der Waals surface area (Å²) in [7, 11) is 3.24. The fourth-order valence-corrected chi connectivity index (χ4v) is 12.7. The summed E-state index contributed by atoms with van der Waals surface area (Å²) in [6.07, 6.45) is 81.8. The molecular formula is C84H168N2O12S. The van der Waals surface area contributed by atoms with Crippen LogP contribution in [-0.2, 0) is 48.5 Å². The molecule has 99 heavy (non-hydrogen) atoms. The van der Waals surface area contributed by atoms with Crippen LogP contribution >= 0.6 is 0 Å². The first-order valence-electron chi connectivity index (χ1n) is 42.8. The average molecular weight is 1430 g/mol. The van der Waals surface area contributed by atoms with E-state index in [4.69, 9.17) is 36.5 Å². The Bertz CT molecular complexity index is 1570. The van der Waals surface area contributed by atoms with Crippen molar-refractivity contribution in [3.05, 3.63) is 0 Å². The smallest absolute Gasteiger partial charge is 0.305 e. The van der Waals surface area contributed by atoms with Crippen molar-refractivity contribution >= 4 is 34.3 Å². The number of ether oxygens (including phenoxy) is 4. The van der Waals surface area contributed by atoms with Crippen molar-refractivity contribution in [1.29, 1.82) is 0 Å². The van der Waals surface area contributed by atoms with Crippen LogP contribution in [0.1, 0.15) is 439 Å². The molecule has 0 radical (unpaired) electrons. The fourth-order valence-electron chi connectivity index (χ4n) is 12.7. The van der Waals surface area contributed by atoms with Crippen molar-refractivity contribution in [3.63, 3.8) is 0 Å². The number of quaternary nitrogens is 2. The van der Waals surface area contributed by atoms with Crippen LogP contribution in [0.25, 0.3) is 0 Å². The number of hydrogen-bond acceptors (Lipinski definition) is 12. The van der Waals surface area contributed by atoms with Crippen LogP contribution in [0, 0.1) is 0 Å². The van der Waals surface area contributed by atoms with Crippen LogP contribution < -0.4 is 0 Å². The van der Waals surface area contributed by atoms with Gasteiger partial charge in [0.05, 0.1) is 28.2 Å². The summed E-state index contributed by atoms with van der Waals surface area (Å²) < 4.78 is 57.4. The molecule has 0 amide bonds. The molecule has 0 rings (SSSR count). The van der Waals surface area contributed by atoms with Gasteiger partial charge in [0.25, 0.3) is 0 Å². The van der Waals surface area contributed by atoms with E-state index in [0.29, 0.717) is 61.1 Å². The molecule has 0 aromatic heterocycles. The zero-order valence-corrected chi connectivity index (χ0v) is 67.9. The summed E-state index contributed by atoms with van der Waals surface area (Å²) in [5.74, 6) is -0.298. The predicted octanol–water partition coefficient (Wildman–Crippen LogP) is 24.0. The van der Waals surface area contributed by atoms with E-state index in [1.165, 1.54) is 334 Å². The van der Waals surface area contributed by atoms with E-state index in [-0.39, 0.29) is 23.9 Å². The Morgan fingerprint density at radius 2 is 0.323 bits per heavy atom. The molecule has 0 heterocycles. The third kappa shape index (κ3) is 95.7. The van der Waals surface area contributed by atoms with Crippen molar-refractivity contribution in [2.75, 3.05) is 80.8 Å². The summed E-state index contributed by atoms with van der Waals surface area (Å²) in [5, 5.41) is 0. The molecule has 14 nitrogen and oxygen atoms in total. The molecule has 0 N–H and O–H groups in total. The van der Waals surface area contributed by atoms with Crippen molar-refractivity contribution in [1.82, 2.24) is 0 Å². The first-order valence-corrected chi connectivity index (χ1v) is 44.1. The third-order valence-electron chi connectivity index (χ3n) is 19.8. The number of likely N-dealkylation sites (N-methyl/N-ethyl adjacent to an activating group) is 2. The number of hydrogen-bond donors (Lipinski definition) is 0. The number of unbranched alkanes of at least 4 members (excludes halogenated alkanes) is 56. The number of rotatable bonds is 76. The lowest BCUT2D eigenvalue weighted by molar-refractivity contribution is -0.890. The molecule has 0 aromatic rings. The second kappa shape index (κ2) is 79.8. The summed E-state index contributed by atoms with van der Waals surface area (Å²) in [6.45, 7) is 13.8. The van der Waals surface area contributed by atoms with Crippen LogP contribution in [-0.4, -0.2) is 131 Å². The highest BCUT2D eigenvalue weighted by atomic mass is 32.3. The summed E-state index contributed by atoms with van der Waals surface area (Å²) >= 11 is 0. The first kappa shape index (κ1) is 101. The van der Waals surface area contributed by atoms with Crippen molar-refractivity contribution in [3.8, 4) is 0 Å². The van der Waals surface area contributed by atoms with Crippen LogP contribution in [0.2, 0.25) is 0 Å². The Labute approximate surface area is 615 Å². The van der Waals surface area contributed by atoms with Gasteiger partial charge in [-0.05, 0) is 25.7 Å². The summed E-state index contributed by atoms with van der Waals surface area (Å²) in [5.41, 5.74) is 0. The molecule has 0 saturated heterocycles. The van der Waals surface area contributed by atoms with Crippen LogP contribution in [0.15, 0.2) is 0 Å². The minimum absolute atomic E-state index is 0.0744. The first-order chi connectivity index (χ1) is 47.8. The van der Waals surface area contributed by atoms with Crippen molar-refractivity contribution in [2.45, 2.75) is 439 Å². The van der Waals surface area contributed by atoms with Crippen LogP contribution in [0.5, 0.6) is 0 Å². The zero-order chi connectivity index (χ0) is 73.5. The monoisotopic (exact) mass is 1430 g/mol. The molecule has 592 valence electrons. The molecule has 0 atom stereocenters. The molecule has 15 heteroatoms. The molecule has 0 saturated carbocycles. The van der Waals surface area contributed by atoms with Crippen molar-refractivity contribution < 1.29 is 64.6 Å². The van der Waals surface area contributed by atoms with E-state index in [0.717, 1.165) is 77.5 Å². The second-order valence-corrected chi connectivity index (χ2v) is 31.7. The Hall–Kier alpha value is -2.33. The number of esters is 4. The van der Waals surface area contributed by atoms with Gasteiger partial charge in [-0.1, -0.05) is 387 Å². The van der Waals surface area contributed by atoms with E-state index < -0.39 is 10.4 Å². The highest BCUT2D eigenvalue weighted by Gasteiger charge is 2.19. The maximum Gasteiger partial charge on any atom is 0.305 e. The van der Waals surface area contributed by atoms with E-state index in [1.807, 2.05) is 0 Å². The Morgan fingerprint density at radius 3 is 0.434 bits per heavy atom. The lowest BCUT2D eigenvalue weighted by atomic mass is 10.0. The summed E-state index contributed by atoms with van der Waals surface area (Å²) in [6, 6.07) is 0. The SMILES string of the molecule is CCCCCCCCCCCCCCCCCC(=O)OCC[N+](C)(C)CCOC(=O)CCCCCCCCCCCCCCCCC.CCCCCCCCCCCCCCCCCC(=O)OCC[N+](C)(C)CCOC(=O)CCCCCCCCCCCCCCCCC.O=S(=O)([O-])[O-]. The predicted molar refractivity (Wildman–Crippen MR) is 416 cm³/mol. The maximum absolute atomic E-state index is 12.1. The van der Waals surface area contributed by atoms with Crippen LogP contribution in [0.4, 0.5) is 0 Å². The highest BCUT2D eigenvalue weighted by Crippen LogP contribution is 2.19. The Balaban J connectivity index is -0.00000174. The van der Waals surface area contributed by atoms with E-state index in [1.54, 1.807) is 0 Å².